The molecule has 1 aromatic heterocycles. The largest absolute Gasteiger partial charge is 0.495 e. The lowest BCUT2D eigenvalue weighted by Gasteiger charge is -2.12. The van der Waals surface area contributed by atoms with E-state index >= 15 is 0 Å². The first-order valence-electron chi connectivity index (χ1n) is 10.1. The minimum Gasteiger partial charge on any atom is -0.495 e. The molecule has 0 saturated carbocycles. The zero-order valence-electron chi connectivity index (χ0n) is 17.5. The molecule has 2 N–H and O–H groups in total. The maximum absolute atomic E-state index is 13.2. The number of ether oxygens (including phenoxy) is 2. The molecular weight excluding hydrogens is 402 g/mol. The van der Waals surface area contributed by atoms with Crippen molar-refractivity contribution in [1.29, 1.82) is 0 Å². The van der Waals surface area contributed by atoms with Gasteiger partial charge in [-0.05, 0) is 31.0 Å². The molecule has 0 bridgehead atoms. The minimum absolute atomic E-state index is 0.162. The zero-order chi connectivity index (χ0) is 22.4. The van der Waals surface area contributed by atoms with Crippen LogP contribution in [0.4, 0.5) is 11.4 Å². The molecule has 0 radical (unpaired) electrons. The number of non-ortho nitro benzene ring substituents is 1. The van der Waals surface area contributed by atoms with Gasteiger partial charge in [-0.15, -0.1) is 0 Å². The number of nitrogens with zero attached hydrogens (tertiary/aromatic N) is 1. The molecule has 164 valence electrons. The van der Waals surface area contributed by atoms with Crippen molar-refractivity contribution in [3.63, 3.8) is 0 Å². The molecule has 0 unspecified atom stereocenters. The fraction of sp³-hybridized carbons (Fsp3) is 0.364. The average Bonchev–Trinajstić information content (AvgIpc) is 2.77. The van der Waals surface area contributed by atoms with E-state index in [-0.39, 0.29) is 28.0 Å². The molecule has 2 aromatic carbocycles. The Labute approximate surface area is 178 Å². The van der Waals surface area contributed by atoms with Crippen LogP contribution in [0.2, 0.25) is 0 Å². The van der Waals surface area contributed by atoms with Gasteiger partial charge < -0.3 is 19.8 Å². The van der Waals surface area contributed by atoms with Gasteiger partial charge in [-0.1, -0.05) is 18.9 Å². The van der Waals surface area contributed by atoms with Gasteiger partial charge in [0.15, 0.2) is 5.43 Å². The van der Waals surface area contributed by atoms with Crippen LogP contribution in [0, 0.1) is 10.1 Å². The Bertz CT molecular complexity index is 1170. The van der Waals surface area contributed by atoms with Gasteiger partial charge in [0.25, 0.3) is 5.69 Å². The monoisotopic (exact) mass is 427 g/mol. The molecule has 0 saturated heterocycles. The lowest BCUT2D eigenvalue weighted by Crippen LogP contribution is -2.11. The first-order valence-corrected chi connectivity index (χ1v) is 10.1. The van der Waals surface area contributed by atoms with Crippen molar-refractivity contribution in [2.24, 2.45) is 0 Å². The Balaban J connectivity index is 1.86. The molecular formula is C22H25N3O6. The summed E-state index contributed by atoms with van der Waals surface area (Å²) in [6.07, 6.45) is 3.80. The number of carbonyl (C=O) groups excluding carboxylic acids is 1. The summed E-state index contributed by atoms with van der Waals surface area (Å²) in [5.41, 5.74) is 0.657. The van der Waals surface area contributed by atoms with E-state index in [1.54, 1.807) is 24.3 Å². The van der Waals surface area contributed by atoms with Crippen molar-refractivity contribution in [3.05, 3.63) is 50.7 Å². The Hall–Kier alpha value is -3.62. The number of pyridine rings is 1. The summed E-state index contributed by atoms with van der Waals surface area (Å²) in [4.78, 5) is 38.5. The van der Waals surface area contributed by atoms with Crippen LogP contribution in [0.3, 0.4) is 0 Å². The number of para-hydroxylation sites is 1. The molecule has 0 amide bonds. The standard InChI is InChI=1S/C22H25N3O6/c1-30-17-9-7-8-14-20(17)24-21-16(25(28)29)12-11-15(19(21)22(14)27)23-13-6-4-3-5-10-18(26)31-2/h7-9,11-12,23H,3-6,10,13H2,1-2H3,(H,24,27). The number of H-pyrrole nitrogens is 1. The zero-order valence-corrected chi connectivity index (χ0v) is 17.5. The van der Waals surface area contributed by atoms with Gasteiger partial charge >= 0.3 is 5.97 Å². The second kappa shape index (κ2) is 9.92. The smallest absolute Gasteiger partial charge is 0.305 e. The summed E-state index contributed by atoms with van der Waals surface area (Å²) in [5, 5.41) is 15.4. The number of nitrogens with one attached hydrogen (secondary N) is 2. The fourth-order valence-electron chi connectivity index (χ4n) is 3.61. The topological polar surface area (TPSA) is 124 Å². The van der Waals surface area contributed by atoms with Crippen molar-refractivity contribution in [2.45, 2.75) is 32.1 Å². The van der Waals surface area contributed by atoms with Crippen LogP contribution in [0.1, 0.15) is 32.1 Å². The highest BCUT2D eigenvalue weighted by atomic mass is 16.6. The fourth-order valence-corrected chi connectivity index (χ4v) is 3.61. The van der Waals surface area contributed by atoms with Crippen molar-refractivity contribution in [2.75, 3.05) is 26.1 Å². The van der Waals surface area contributed by atoms with E-state index in [0.717, 1.165) is 25.7 Å². The molecule has 1 heterocycles. The Morgan fingerprint density at radius 2 is 1.87 bits per heavy atom. The highest BCUT2D eigenvalue weighted by Crippen LogP contribution is 2.32. The number of unbranched alkanes of at least 4 members (excludes halogenated alkanes) is 3. The highest BCUT2D eigenvalue weighted by molar-refractivity contribution is 6.04. The number of fused-ring (bicyclic) bond motifs is 2. The number of rotatable bonds is 10. The first kappa shape index (κ1) is 22.1. The number of methoxy groups -OCH3 is 2. The summed E-state index contributed by atoms with van der Waals surface area (Å²) >= 11 is 0. The van der Waals surface area contributed by atoms with E-state index in [1.165, 1.54) is 20.3 Å². The van der Waals surface area contributed by atoms with Crippen LogP contribution in [0.25, 0.3) is 21.8 Å². The summed E-state index contributed by atoms with van der Waals surface area (Å²) in [7, 11) is 2.86. The predicted octanol–water partition coefficient (Wildman–Crippen LogP) is 4.13. The van der Waals surface area contributed by atoms with Crippen LogP contribution in [0.5, 0.6) is 5.75 Å². The van der Waals surface area contributed by atoms with E-state index in [0.29, 0.717) is 35.3 Å². The van der Waals surface area contributed by atoms with Crippen LogP contribution >= 0.6 is 0 Å². The highest BCUT2D eigenvalue weighted by Gasteiger charge is 2.20. The first-order chi connectivity index (χ1) is 15.0. The van der Waals surface area contributed by atoms with Crippen LogP contribution in [0.15, 0.2) is 35.1 Å². The number of nitro groups is 1. The lowest BCUT2D eigenvalue weighted by atomic mass is 10.1. The summed E-state index contributed by atoms with van der Waals surface area (Å²) in [6.45, 7) is 0.598. The molecule has 9 heteroatoms. The number of carbonyl (C=O) groups is 1. The minimum atomic E-state index is -0.509. The SMILES string of the molecule is COC(=O)CCCCCCNc1ccc([N+](=O)[O-])c2[nH]c3c(OC)cccc3c(=O)c12. The Morgan fingerprint density at radius 3 is 2.58 bits per heavy atom. The van der Waals surface area contributed by atoms with E-state index in [4.69, 9.17) is 4.74 Å². The molecule has 0 spiro atoms. The number of nitro benzene ring substituents is 1. The van der Waals surface area contributed by atoms with Gasteiger partial charge in [0.1, 0.15) is 11.3 Å². The van der Waals surface area contributed by atoms with Gasteiger partial charge in [-0.2, -0.15) is 0 Å². The molecule has 3 aromatic rings. The van der Waals surface area contributed by atoms with Crippen molar-refractivity contribution in [3.8, 4) is 5.75 Å². The number of benzene rings is 2. The number of aromatic amines is 1. The van der Waals surface area contributed by atoms with Gasteiger partial charge in [0, 0.05) is 30.1 Å². The second-order valence-corrected chi connectivity index (χ2v) is 7.14. The van der Waals surface area contributed by atoms with Crippen LogP contribution < -0.4 is 15.5 Å². The second-order valence-electron chi connectivity index (χ2n) is 7.14. The summed E-state index contributed by atoms with van der Waals surface area (Å²) in [6, 6.07) is 8.02. The molecule has 3 rings (SSSR count). The van der Waals surface area contributed by atoms with E-state index < -0.39 is 4.92 Å². The third kappa shape index (κ3) is 4.76. The maximum Gasteiger partial charge on any atom is 0.305 e. The van der Waals surface area contributed by atoms with Gasteiger partial charge in [0.2, 0.25) is 0 Å². The number of hydrogen-bond donors (Lipinski definition) is 2. The van der Waals surface area contributed by atoms with Crippen LogP contribution in [-0.2, 0) is 9.53 Å². The lowest BCUT2D eigenvalue weighted by molar-refractivity contribution is -0.383. The van der Waals surface area contributed by atoms with Gasteiger partial charge in [-0.25, -0.2) is 0 Å². The van der Waals surface area contributed by atoms with Gasteiger partial charge in [-0.3, -0.25) is 19.7 Å². The normalized spacial score (nSPS) is 10.9. The predicted molar refractivity (Wildman–Crippen MR) is 119 cm³/mol. The maximum atomic E-state index is 13.2. The molecule has 0 aliphatic rings. The Morgan fingerprint density at radius 1 is 1.10 bits per heavy atom. The average molecular weight is 427 g/mol. The van der Waals surface area contributed by atoms with E-state index in [1.807, 2.05) is 0 Å². The molecule has 31 heavy (non-hydrogen) atoms. The van der Waals surface area contributed by atoms with Crippen molar-refractivity contribution >= 4 is 39.1 Å². The summed E-state index contributed by atoms with van der Waals surface area (Å²) in [5.74, 6) is 0.231. The quantitative estimate of drug-likeness (QED) is 0.164. The van der Waals surface area contributed by atoms with E-state index in [9.17, 15) is 19.7 Å². The number of anilines is 1. The van der Waals surface area contributed by atoms with Gasteiger partial charge in [0.05, 0.1) is 30.0 Å². The number of hydrogen-bond acceptors (Lipinski definition) is 7. The van der Waals surface area contributed by atoms with E-state index in [2.05, 4.69) is 15.0 Å². The number of aromatic nitrogens is 1. The molecule has 0 fully saturated rings. The number of esters is 1. The third-order valence-corrected chi connectivity index (χ3v) is 5.20. The molecule has 0 aliphatic carbocycles. The molecule has 9 nitrogen and oxygen atoms in total. The van der Waals surface area contributed by atoms with Crippen LogP contribution in [-0.4, -0.2) is 36.6 Å². The molecule has 0 atom stereocenters. The van der Waals surface area contributed by atoms with Crippen molar-refractivity contribution in [1.82, 2.24) is 4.98 Å². The van der Waals surface area contributed by atoms with Crippen molar-refractivity contribution < 1.29 is 19.2 Å². The Kier molecular flexibility index (Phi) is 7.07. The summed E-state index contributed by atoms with van der Waals surface area (Å²) < 4.78 is 9.93. The molecule has 0 aliphatic heterocycles. The third-order valence-electron chi connectivity index (χ3n) is 5.20.